The summed E-state index contributed by atoms with van der Waals surface area (Å²) in [7, 11) is 0. The summed E-state index contributed by atoms with van der Waals surface area (Å²) < 4.78 is 0. The van der Waals surface area contributed by atoms with Gasteiger partial charge in [0.25, 0.3) is 0 Å². The number of hydrogen-bond donors (Lipinski definition) is 3. The highest BCUT2D eigenvalue weighted by atomic mass is 35.5. The van der Waals surface area contributed by atoms with Crippen molar-refractivity contribution in [1.29, 1.82) is 0 Å². The molecule has 1 aromatic rings. The van der Waals surface area contributed by atoms with Crippen molar-refractivity contribution in [3.63, 3.8) is 0 Å². The quantitative estimate of drug-likeness (QED) is 0.696. The van der Waals surface area contributed by atoms with Crippen LogP contribution in [0.3, 0.4) is 0 Å². The molecule has 0 fully saturated rings. The van der Waals surface area contributed by atoms with E-state index < -0.39 is 0 Å². The Kier molecular flexibility index (Phi) is 6.54. The molecule has 2 amide bonds. The second-order valence-electron chi connectivity index (χ2n) is 3.99. The lowest BCUT2D eigenvalue weighted by Crippen LogP contribution is -2.38. The van der Waals surface area contributed by atoms with Gasteiger partial charge in [-0.05, 0) is 30.5 Å². The average Bonchev–Trinajstić information content (AvgIpc) is 2.37. The predicted molar refractivity (Wildman–Crippen MR) is 72.7 cm³/mol. The molecule has 0 spiro atoms. The normalized spacial score (nSPS) is 11.9. The highest BCUT2D eigenvalue weighted by Gasteiger charge is 2.11. The highest BCUT2D eigenvalue weighted by molar-refractivity contribution is 6.30. The summed E-state index contributed by atoms with van der Waals surface area (Å²) in [5.41, 5.74) is 1.03. The molecule has 0 bridgehead atoms. The van der Waals surface area contributed by atoms with Crippen LogP contribution in [0.1, 0.15) is 31.4 Å². The number of nitrogens with one attached hydrogen (secondary N) is 2. The highest BCUT2D eigenvalue weighted by Crippen LogP contribution is 2.18. The van der Waals surface area contributed by atoms with Crippen molar-refractivity contribution < 1.29 is 9.90 Å². The zero-order valence-electron chi connectivity index (χ0n) is 10.4. The van der Waals surface area contributed by atoms with E-state index in [0.717, 1.165) is 12.0 Å². The van der Waals surface area contributed by atoms with Crippen LogP contribution in [-0.4, -0.2) is 24.3 Å². The van der Waals surface area contributed by atoms with Crippen molar-refractivity contribution in [3.8, 4) is 0 Å². The molecule has 0 heterocycles. The maximum Gasteiger partial charge on any atom is 0.315 e. The Labute approximate surface area is 112 Å². The van der Waals surface area contributed by atoms with Gasteiger partial charge in [-0.15, -0.1) is 0 Å². The van der Waals surface area contributed by atoms with Crippen molar-refractivity contribution in [2.75, 3.05) is 13.2 Å². The maximum atomic E-state index is 11.6. The summed E-state index contributed by atoms with van der Waals surface area (Å²) in [6, 6.07) is 7.19. The summed E-state index contributed by atoms with van der Waals surface area (Å²) in [6.07, 6.45) is 1.36. The molecule has 0 aliphatic carbocycles. The van der Waals surface area contributed by atoms with E-state index in [1.54, 1.807) is 0 Å². The first-order valence-electron chi connectivity index (χ1n) is 6.08. The summed E-state index contributed by atoms with van der Waals surface area (Å²) in [6.45, 7) is 2.56. The smallest absolute Gasteiger partial charge is 0.315 e. The molecule has 18 heavy (non-hydrogen) atoms. The van der Waals surface area contributed by atoms with E-state index in [2.05, 4.69) is 10.6 Å². The van der Waals surface area contributed by atoms with Gasteiger partial charge in [-0.2, -0.15) is 0 Å². The van der Waals surface area contributed by atoms with Crippen LogP contribution in [0.5, 0.6) is 0 Å². The van der Waals surface area contributed by atoms with E-state index in [-0.39, 0.29) is 18.7 Å². The van der Waals surface area contributed by atoms with Crippen molar-refractivity contribution in [2.24, 2.45) is 0 Å². The number of amides is 2. The third kappa shape index (κ3) is 4.94. The Morgan fingerprint density at radius 2 is 2.06 bits per heavy atom. The van der Waals surface area contributed by atoms with Gasteiger partial charge in [-0.1, -0.05) is 30.7 Å². The topological polar surface area (TPSA) is 61.4 Å². The third-order valence-corrected chi connectivity index (χ3v) is 2.86. The van der Waals surface area contributed by atoms with Gasteiger partial charge in [0.15, 0.2) is 0 Å². The Hall–Kier alpha value is -1.26. The van der Waals surface area contributed by atoms with E-state index in [4.69, 9.17) is 16.7 Å². The molecule has 1 rings (SSSR count). The molecule has 3 N–H and O–H groups in total. The number of aliphatic hydroxyl groups excluding tert-OH is 1. The number of hydrogen-bond acceptors (Lipinski definition) is 2. The SMILES string of the molecule is CCC(NC(=O)NCCCO)c1ccc(Cl)cc1. The Morgan fingerprint density at radius 3 is 2.61 bits per heavy atom. The molecular formula is C13H19ClN2O2. The summed E-state index contributed by atoms with van der Waals surface area (Å²) in [5.74, 6) is 0. The lowest BCUT2D eigenvalue weighted by molar-refractivity contribution is 0.234. The summed E-state index contributed by atoms with van der Waals surface area (Å²) >= 11 is 5.83. The zero-order valence-corrected chi connectivity index (χ0v) is 11.2. The van der Waals surface area contributed by atoms with Gasteiger partial charge in [-0.3, -0.25) is 0 Å². The minimum atomic E-state index is -0.217. The monoisotopic (exact) mass is 270 g/mol. The fourth-order valence-electron chi connectivity index (χ4n) is 1.61. The van der Waals surface area contributed by atoms with Crippen molar-refractivity contribution >= 4 is 17.6 Å². The molecule has 0 saturated heterocycles. The van der Waals surface area contributed by atoms with Gasteiger partial charge in [0.2, 0.25) is 0 Å². The first-order valence-corrected chi connectivity index (χ1v) is 6.45. The Balaban J connectivity index is 2.51. The minimum Gasteiger partial charge on any atom is -0.396 e. The summed E-state index contributed by atoms with van der Waals surface area (Å²) in [5, 5.41) is 14.9. The first kappa shape index (κ1) is 14.8. The average molecular weight is 271 g/mol. The molecular weight excluding hydrogens is 252 g/mol. The van der Waals surface area contributed by atoms with Gasteiger partial charge in [0, 0.05) is 18.2 Å². The van der Waals surface area contributed by atoms with Crippen LogP contribution in [0, 0.1) is 0 Å². The number of rotatable bonds is 6. The molecule has 5 heteroatoms. The van der Waals surface area contributed by atoms with Crippen LogP contribution < -0.4 is 10.6 Å². The molecule has 0 aromatic heterocycles. The molecule has 1 atom stereocenters. The number of aliphatic hydroxyl groups is 1. The van der Waals surface area contributed by atoms with Crippen LogP contribution in [-0.2, 0) is 0 Å². The van der Waals surface area contributed by atoms with Crippen LogP contribution in [0.2, 0.25) is 5.02 Å². The molecule has 1 unspecified atom stereocenters. The minimum absolute atomic E-state index is 0.0311. The van der Waals surface area contributed by atoms with Crippen molar-refractivity contribution in [3.05, 3.63) is 34.9 Å². The van der Waals surface area contributed by atoms with E-state index in [1.165, 1.54) is 0 Å². The lowest BCUT2D eigenvalue weighted by Gasteiger charge is -2.18. The van der Waals surface area contributed by atoms with Gasteiger partial charge in [0.05, 0.1) is 6.04 Å². The van der Waals surface area contributed by atoms with Gasteiger partial charge >= 0.3 is 6.03 Å². The largest absolute Gasteiger partial charge is 0.396 e. The van der Waals surface area contributed by atoms with E-state index in [1.807, 2.05) is 31.2 Å². The molecule has 0 aliphatic heterocycles. The van der Waals surface area contributed by atoms with Gasteiger partial charge in [0.1, 0.15) is 0 Å². The number of carbonyl (C=O) groups is 1. The number of urea groups is 1. The number of benzene rings is 1. The van der Waals surface area contributed by atoms with Crippen LogP contribution in [0.25, 0.3) is 0 Å². The first-order chi connectivity index (χ1) is 8.67. The fourth-order valence-corrected chi connectivity index (χ4v) is 1.73. The van der Waals surface area contributed by atoms with E-state index in [9.17, 15) is 4.79 Å². The van der Waals surface area contributed by atoms with Crippen molar-refractivity contribution in [2.45, 2.75) is 25.8 Å². The molecule has 4 nitrogen and oxygen atoms in total. The fraction of sp³-hybridized carbons (Fsp3) is 0.462. The molecule has 0 saturated carbocycles. The van der Waals surface area contributed by atoms with Gasteiger partial charge < -0.3 is 15.7 Å². The van der Waals surface area contributed by atoms with Crippen molar-refractivity contribution in [1.82, 2.24) is 10.6 Å². The van der Waals surface area contributed by atoms with Crippen LogP contribution >= 0.6 is 11.6 Å². The van der Waals surface area contributed by atoms with Gasteiger partial charge in [-0.25, -0.2) is 4.79 Å². The number of carbonyl (C=O) groups excluding carboxylic acids is 1. The molecule has 100 valence electrons. The second-order valence-corrected chi connectivity index (χ2v) is 4.43. The predicted octanol–water partition coefficient (Wildman–Crippen LogP) is 2.47. The molecule has 0 radical (unpaired) electrons. The van der Waals surface area contributed by atoms with Crippen LogP contribution in [0.4, 0.5) is 4.79 Å². The zero-order chi connectivity index (χ0) is 13.4. The van der Waals surface area contributed by atoms with E-state index in [0.29, 0.717) is 18.0 Å². The Morgan fingerprint density at radius 1 is 1.39 bits per heavy atom. The lowest BCUT2D eigenvalue weighted by atomic mass is 10.1. The second kappa shape index (κ2) is 7.95. The Bertz CT molecular complexity index is 368. The number of halogens is 1. The maximum absolute atomic E-state index is 11.6. The van der Waals surface area contributed by atoms with Crippen LogP contribution in [0.15, 0.2) is 24.3 Å². The molecule has 0 aliphatic rings. The summed E-state index contributed by atoms with van der Waals surface area (Å²) in [4.78, 5) is 11.6. The third-order valence-electron chi connectivity index (χ3n) is 2.61. The standard InChI is InChI=1S/C13H19ClN2O2/c1-2-12(10-4-6-11(14)7-5-10)16-13(18)15-8-3-9-17/h4-7,12,17H,2-3,8-9H2,1H3,(H2,15,16,18). The van der Waals surface area contributed by atoms with E-state index >= 15 is 0 Å². The molecule has 1 aromatic carbocycles.